The zero-order valence-corrected chi connectivity index (χ0v) is 20.4. The highest BCUT2D eigenvalue weighted by Gasteiger charge is 2.46. The van der Waals surface area contributed by atoms with Gasteiger partial charge in [0.2, 0.25) is 0 Å². The molecule has 1 aliphatic heterocycles. The van der Waals surface area contributed by atoms with E-state index in [0.29, 0.717) is 22.4 Å². The van der Waals surface area contributed by atoms with Crippen LogP contribution in [0.25, 0.3) is 5.76 Å². The molecule has 9 nitrogen and oxygen atoms in total. The quantitative estimate of drug-likeness (QED) is 0.216. The number of amides is 1. The molecular weight excluding hydrogens is 478 g/mol. The number of benzene rings is 3. The number of esters is 1. The van der Waals surface area contributed by atoms with Crippen molar-refractivity contribution >= 4 is 23.4 Å². The Morgan fingerprint density at radius 2 is 1.59 bits per heavy atom. The molecule has 1 saturated heterocycles. The summed E-state index contributed by atoms with van der Waals surface area (Å²) in [6.45, 7) is 0.0175. The van der Waals surface area contributed by atoms with Gasteiger partial charge in [-0.05, 0) is 53.6 Å². The maximum atomic E-state index is 13.3. The standard InChI is InChI=1S/C28H25NO8/c1-35-20-12-13-22(36-2)21(14-20)25(31)23-24(17-8-10-19(30)11-9-17)29(27(33)26(23)32)15-16-4-6-18(7-5-16)28(34)37-3/h4-14,24,30-31H,15H2,1-3H3/b25-23+. The molecule has 3 aromatic rings. The molecule has 3 aromatic carbocycles. The summed E-state index contributed by atoms with van der Waals surface area (Å²) >= 11 is 0. The number of carbonyl (C=O) groups is 3. The summed E-state index contributed by atoms with van der Waals surface area (Å²) in [6.07, 6.45) is 0. The Hall–Kier alpha value is -4.79. The predicted octanol–water partition coefficient (Wildman–Crippen LogP) is 3.82. The number of hydrogen-bond acceptors (Lipinski definition) is 8. The normalized spacial score (nSPS) is 16.5. The highest BCUT2D eigenvalue weighted by atomic mass is 16.5. The number of hydrogen-bond donors (Lipinski definition) is 2. The maximum absolute atomic E-state index is 13.3. The van der Waals surface area contributed by atoms with E-state index in [1.165, 1.54) is 44.4 Å². The predicted molar refractivity (Wildman–Crippen MR) is 133 cm³/mol. The number of aliphatic hydroxyl groups excluding tert-OH is 1. The molecular formula is C28H25NO8. The van der Waals surface area contributed by atoms with Crippen LogP contribution in [0.3, 0.4) is 0 Å². The van der Waals surface area contributed by atoms with Crippen LogP contribution in [0.2, 0.25) is 0 Å². The number of ether oxygens (including phenoxy) is 3. The van der Waals surface area contributed by atoms with Gasteiger partial charge in [0.25, 0.3) is 11.7 Å². The lowest BCUT2D eigenvalue weighted by Crippen LogP contribution is -2.29. The lowest BCUT2D eigenvalue weighted by Gasteiger charge is -2.25. The first-order valence-corrected chi connectivity index (χ1v) is 11.3. The van der Waals surface area contributed by atoms with Gasteiger partial charge >= 0.3 is 5.97 Å². The highest BCUT2D eigenvalue weighted by molar-refractivity contribution is 6.46. The number of rotatable bonds is 7. The summed E-state index contributed by atoms with van der Waals surface area (Å²) in [6, 6.07) is 16.3. The Balaban J connectivity index is 1.84. The van der Waals surface area contributed by atoms with Gasteiger partial charge in [0, 0.05) is 6.54 Å². The minimum atomic E-state index is -0.961. The molecule has 0 aromatic heterocycles. The van der Waals surface area contributed by atoms with E-state index in [1.54, 1.807) is 48.5 Å². The molecule has 37 heavy (non-hydrogen) atoms. The van der Waals surface area contributed by atoms with Crippen LogP contribution in [0.4, 0.5) is 0 Å². The van der Waals surface area contributed by atoms with Crippen molar-refractivity contribution in [1.82, 2.24) is 4.90 Å². The molecule has 190 valence electrons. The van der Waals surface area contributed by atoms with E-state index in [-0.39, 0.29) is 29.2 Å². The average Bonchev–Trinajstić information content (AvgIpc) is 3.17. The van der Waals surface area contributed by atoms with Crippen molar-refractivity contribution in [2.75, 3.05) is 21.3 Å². The number of aromatic hydroxyl groups is 1. The number of likely N-dealkylation sites (tertiary alicyclic amines) is 1. The smallest absolute Gasteiger partial charge is 0.337 e. The van der Waals surface area contributed by atoms with E-state index in [4.69, 9.17) is 14.2 Å². The third-order valence-electron chi connectivity index (χ3n) is 6.14. The van der Waals surface area contributed by atoms with E-state index in [9.17, 15) is 24.6 Å². The van der Waals surface area contributed by atoms with Crippen molar-refractivity contribution in [2.24, 2.45) is 0 Å². The van der Waals surface area contributed by atoms with Gasteiger partial charge in [0.05, 0.1) is 44.1 Å². The molecule has 0 saturated carbocycles. The monoisotopic (exact) mass is 503 g/mol. The van der Waals surface area contributed by atoms with E-state index in [0.717, 1.165) is 0 Å². The van der Waals surface area contributed by atoms with E-state index < -0.39 is 29.5 Å². The Morgan fingerprint density at radius 1 is 0.919 bits per heavy atom. The molecule has 1 heterocycles. The molecule has 1 amide bonds. The second-order valence-electron chi connectivity index (χ2n) is 8.27. The van der Waals surface area contributed by atoms with Crippen LogP contribution < -0.4 is 9.47 Å². The summed E-state index contributed by atoms with van der Waals surface area (Å²) in [4.78, 5) is 39.7. The molecule has 9 heteroatoms. The molecule has 1 unspecified atom stereocenters. The van der Waals surface area contributed by atoms with Crippen molar-refractivity contribution in [3.63, 3.8) is 0 Å². The summed E-state index contributed by atoms with van der Waals surface area (Å²) in [5, 5.41) is 21.2. The molecule has 0 spiro atoms. The highest BCUT2D eigenvalue weighted by Crippen LogP contribution is 2.42. The van der Waals surface area contributed by atoms with Gasteiger partial charge in [0.1, 0.15) is 23.0 Å². The Kier molecular flexibility index (Phi) is 7.15. The van der Waals surface area contributed by atoms with Crippen LogP contribution in [0, 0.1) is 0 Å². The third-order valence-corrected chi connectivity index (χ3v) is 6.14. The molecule has 0 aliphatic carbocycles. The second-order valence-corrected chi connectivity index (χ2v) is 8.27. The molecule has 2 N–H and O–H groups in total. The zero-order valence-electron chi connectivity index (χ0n) is 20.4. The number of ketones is 1. The summed E-state index contributed by atoms with van der Waals surface area (Å²) < 4.78 is 15.4. The van der Waals surface area contributed by atoms with E-state index >= 15 is 0 Å². The number of phenols is 1. The fourth-order valence-electron chi connectivity index (χ4n) is 4.25. The van der Waals surface area contributed by atoms with Gasteiger partial charge in [-0.1, -0.05) is 24.3 Å². The lowest BCUT2D eigenvalue weighted by molar-refractivity contribution is -0.140. The first kappa shape index (κ1) is 25.3. The summed E-state index contributed by atoms with van der Waals surface area (Å²) in [7, 11) is 4.17. The topological polar surface area (TPSA) is 123 Å². The van der Waals surface area contributed by atoms with Crippen LogP contribution >= 0.6 is 0 Å². The molecule has 1 aliphatic rings. The fourth-order valence-corrected chi connectivity index (χ4v) is 4.25. The third kappa shape index (κ3) is 4.84. The first-order valence-electron chi connectivity index (χ1n) is 11.3. The van der Waals surface area contributed by atoms with Gasteiger partial charge in [0.15, 0.2) is 0 Å². The zero-order chi connectivity index (χ0) is 26.7. The Labute approximate surface area is 213 Å². The minimum absolute atomic E-state index is 0.00793. The molecule has 0 radical (unpaired) electrons. The SMILES string of the molecule is COC(=O)c1ccc(CN2C(=O)C(=O)/C(=C(/O)c3cc(OC)ccc3OC)C2c2ccc(O)cc2)cc1. The first-order chi connectivity index (χ1) is 17.8. The molecule has 0 bridgehead atoms. The average molecular weight is 504 g/mol. The van der Waals surface area contributed by atoms with Crippen LogP contribution in [-0.2, 0) is 20.9 Å². The second kappa shape index (κ2) is 10.4. The van der Waals surface area contributed by atoms with Gasteiger partial charge in [-0.15, -0.1) is 0 Å². The fraction of sp³-hybridized carbons (Fsp3) is 0.179. The Bertz CT molecular complexity index is 1380. The van der Waals surface area contributed by atoms with Crippen molar-refractivity contribution < 1.29 is 38.8 Å². The number of phenolic OH excluding ortho intramolecular Hbond substituents is 1. The van der Waals surface area contributed by atoms with Crippen molar-refractivity contribution in [2.45, 2.75) is 12.6 Å². The lowest BCUT2D eigenvalue weighted by atomic mass is 9.94. The van der Waals surface area contributed by atoms with Crippen molar-refractivity contribution in [3.8, 4) is 17.2 Å². The van der Waals surface area contributed by atoms with Crippen LogP contribution in [0.15, 0.2) is 72.3 Å². The van der Waals surface area contributed by atoms with Gasteiger partial charge in [-0.2, -0.15) is 0 Å². The summed E-state index contributed by atoms with van der Waals surface area (Å²) in [5.74, 6) is -1.88. The molecule has 4 rings (SSSR count). The Morgan fingerprint density at radius 3 is 2.19 bits per heavy atom. The van der Waals surface area contributed by atoms with Gasteiger partial charge in [-0.3, -0.25) is 9.59 Å². The van der Waals surface area contributed by atoms with Crippen molar-refractivity contribution in [1.29, 1.82) is 0 Å². The number of Topliss-reactive ketones (excluding diaryl/α,β-unsaturated/α-hetero) is 1. The van der Waals surface area contributed by atoms with Gasteiger partial charge in [-0.25, -0.2) is 4.79 Å². The van der Waals surface area contributed by atoms with Crippen LogP contribution in [0.5, 0.6) is 17.2 Å². The molecule has 1 fully saturated rings. The minimum Gasteiger partial charge on any atom is -0.508 e. The molecule has 1 atom stereocenters. The van der Waals surface area contributed by atoms with E-state index in [2.05, 4.69) is 0 Å². The number of methoxy groups -OCH3 is 3. The largest absolute Gasteiger partial charge is 0.508 e. The van der Waals surface area contributed by atoms with Crippen molar-refractivity contribution in [3.05, 3.63) is 94.6 Å². The van der Waals surface area contributed by atoms with E-state index in [1.807, 2.05) is 0 Å². The summed E-state index contributed by atoms with van der Waals surface area (Å²) in [5.41, 5.74) is 1.55. The van der Waals surface area contributed by atoms with Crippen LogP contribution in [0.1, 0.15) is 33.1 Å². The number of carbonyl (C=O) groups excluding carboxylic acids is 3. The van der Waals surface area contributed by atoms with Crippen LogP contribution in [-0.4, -0.2) is 54.1 Å². The number of nitrogens with zero attached hydrogens (tertiary/aromatic N) is 1. The van der Waals surface area contributed by atoms with Gasteiger partial charge < -0.3 is 29.3 Å². The maximum Gasteiger partial charge on any atom is 0.337 e. The number of aliphatic hydroxyl groups is 1.